The summed E-state index contributed by atoms with van der Waals surface area (Å²) in [4.78, 5) is 19.0. The molecule has 110 valence electrons. The Bertz CT molecular complexity index is 604. The highest BCUT2D eigenvalue weighted by atomic mass is 16.6. The summed E-state index contributed by atoms with van der Waals surface area (Å²) in [7, 11) is 0. The molecule has 0 bridgehead atoms. The van der Waals surface area contributed by atoms with E-state index in [1.54, 1.807) is 12.3 Å². The van der Waals surface area contributed by atoms with Crippen molar-refractivity contribution in [1.82, 2.24) is 9.97 Å². The number of nitrogens with one attached hydrogen (secondary N) is 2. The summed E-state index contributed by atoms with van der Waals surface area (Å²) in [6.45, 7) is 3.19. The molecule has 0 atom stereocenters. The molecule has 0 aliphatic carbocycles. The first kappa shape index (κ1) is 14.7. The van der Waals surface area contributed by atoms with E-state index < -0.39 is 4.92 Å². The second-order valence-electron chi connectivity index (χ2n) is 4.42. The van der Waals surface area contributed by atoms with Gasteiger partial charge in [0, 0.05) is 18.8 Å². The van der Waals surface area contributed by atoms with Crippen LogP contribution in [-0.4, -0.2) is 21.4 Å². The molecule has 21 heavy (non-hydrogen) atoms. The van der Waals surface area contributed by atoms with Crippen molar-refractivity contribution in [2.75, 3.05) is 17.2 Å². The van der Waals surface area contributed by atoms with Gasteiger partial charge in [0.2, 0.25) is 5.82 Å². The summed E-state index contributed by atoms with van der Waals surface area (Å²) >= 11 is 0. The minimum Gasteiger partial charge on any atom is -0.370 e. The average molecular weight is 287 g/mol. The molecule has 0 radical (unpaired) electrons. The lowest BCUT2D eigenvalue weighted by molar-refractivity contribution is -0.384. The fourth-order valence-electron chi connectivity index (χ4n) is 1.76. The maximum Gasteiger partial charge on any atom is 0.311 e. The first-order chi connectivity index (χ1) is 10.2. The summed E-state index contributed by atoms with van der Waals surface area (Å²) < 4.78 is 0. The van der Waals surface area contributed by atoms with Gasteiger partial charge in [-0.15, -0.1) is 0 Å². The molecular weight excluding hydrogens is 270 g/mol. The smallest absolute Gasteiger partial charge is 0.311 e. The van der Waals surface area contributed by atoms with Crippen LogP contribution in [0.1, 0.15) is 19.0 Å². The van der Waals surface area contributed by atoms with Crippen LogP contribution in [0, 0.1) is 10.1 Å². The first-order valence-electron chi connectivity index (χ1n) is 6.73. The SMILES string of the molecule is CCCNc1ccc([N+](=O)[O-])c(NCc2ccccn2)n1. The number of hydrogen-bond donors (Lipinski definition) is 2. The monoisotopic (exact) mass is 287 g/mol. The van der Waals surface area contributed by atoms with Gasteiger partial charge < -0.3 is 10.6 Å². The van der Waals surface area contributed by atoms with Crippen LogP contribution in [0.15, 0.2) is 36.5 Å². The molecular formula is C14H17N5O2. The van der Waals surface area contributed by atoms with Gasteiger partial charge in [-0.05, 0) is 24.6 Å². The number of pyridine rings is 2. The van der Waals surface area contributed by atoms with Crippen LogP contribution in [-0.2, 0) is 6.54 Å². The predicted octanol–water partition coefficient (Wildman–Crippen LogP) is 2.82. The average Bonchev–Trinajstić information content (AvgIpc) is 2.51. The van der Waals surface area contributed by atoms with Gasteiger partial charge in [-0.2, -0.15) is 0 Å². The van der Waals surface area contributed by atoms with Gasteiger partial charge in [-0.25, -0.2) is 4.98 Å². The molecule has 2 rings (SSSR count). The zero-order valence-corrected chi connectivity index (χ0v) is 11.7. The van der Waals surface area contributed by atoms with Crippen LogP contribution in [0.2, 0.25) is 0 Å². The molecule has 0 aliphatic heterocycles. The second-order valence-corrected chi connectivity index (χ2v) is 4.42. The van der Waals surface area contributed by atoms with Crippen LogP contribution >= 0.6 is 0 Å². The Morgan fingerprint density at radius 3 is 2.76 bits per heavy atom. The van der Waals surface area contributed by atoms with E-state index in [-0.39, 0.29) is 11.5 Å². The van der Waals surface area contributed by atoms with E-state index in [0.717, 1.165) is 18.7 Å². The summed E-state index contributed by atoms with van der Waals surface area (Å²) in [6, 6.07) is 8.59. The Balaban J connectivity index is 2.16. The van der Waals surface area contributed by atoms with E-state index in [1.807, 2.05) is 25.1 Å². The Hall–Kier alpha value is -2.70. The van der Waals surface area contributed by atoms with Crippen molar-refractivity contribution in [2.45, 2.75) is 19.9 Å². The van der Waals surface area contributed by atoms with Crippen molar-refractivity contribution in [3.63, 3.8) is 0 Å². The lowest BCUT2D eigenvalue weighted by atomic mass is 10.3. The minimum atomic E-state index is -0.447. The summed E-state index contributed by atoms with van der Waals surface area (Å²) in [5, 5.41) is 17.1. The lowest BCUT2D eigenvalue weighted by Crippen LogP contribution is -2.08. The van der Waals surface area contributed by atoms with E-state index in [1.165, 1.54) is 6.07 Å². The van der Waals surface area contributed by atoms with Crippen molar-refractivity contribution >= 4 is 17.3 Å². The molecule has 7 nitrogen and oxygen atoms in total. The van der Waals surface area contributed by atoms with Crippen LogP contribution in [0.4, 0.5) is 17.3 Å². The Morgan fingerprint density at radius 1 is 1.24 bits per heavy atom. The van der Waals surface area contributed by atoms with Gasteiger partial charge in [-0.1, -0.05) is 13.0 Å². The third-order valence-corrected chi connectivity index (χ3v) is 2.79. The van der Waals surface area contributed by atoms with Crippen molar-refractivity contribution in [3.05, 3.63) is 52.3 Å². The van der Waals surface area contributed by atoms with Crippen LogP contribution < -0.4 is 10.6 Å². The second kappa shape index (κ2) is 7.18. The van der Waals surface area contributed by atoms with E-state index in [2.05, 4.69) is 20.6 Å². The normalized spacial score (nSPS) is 10.1. The fraction of sp³-hybridized carbons (Fsp3) is 0.286. The summed E-state index contributed by atoms with van der Waals surface area (Å²) in [5.74, 6) is 0.859. The molecule has 0 aromatic carbocycles. The molecule has 0 saturated heterocycles. The molecule has 0 saturated carbocycles. The molecule has 2 N–H and O–H groups in total. The minimum absolute atomic E-state index is 0.0482. The summed E-state index contributed by atoms with van der Waals surface area (Å²) in [5.41, 5.74) is 0.744. The van der Waals surface area contributed by atoms with Crippen molar-refractivity contribution < 1.29 is 4.92 Å². The third-order valence-electron chi connectivity index (χ3n) is 2.79. The molecule has 2 aromatic heterocycles. The lowest BCUT2D eigenvalue weighted by Gasteiger charge is -2.09. The van der Waals surface area contributed by atoms with Gasteiger partial charge in [-0.3, -0.25) is 15.1 Å². The quantitative estimate of drug-likeness (QED) is 0.601. The topological polar surface area (TPSA) is 93.0 Å². The summed E-state index contributed by atoms with van der Waals surface area (Å²) in [6.07, 6.45) is 2.63. The number of aromatic nitrogens is 2. The molecule has 7 heteroatoms. The van der Waals surface area contributed by atoms with Gasteiger partial charge in [0.05, 0.1) is 17.2 Å². The molecule has 0 unspecified atom stereocenters. The van der Waals surface area contributed by atoms with Crippen molar-refractivity contribution in [3.8, 4) is 0 Å². The molecule has 0 fully saturated rings. The Kier molecular flexibility index (Phi) is 5.03. The van der Waals surface area contributed by atoms with Gasteiger partial charge in [0.15, 0.2) is 0 Å². The highest BCUT2D eigenvalue weighted by Crippen LogP contribution is 2.24. The van der Waals surface area contributed by atoms with Gasteiger partial charge >= 0.3 is 5.69 Å². The predicted molar refractivity (Wildman–Crippen MR) is 81.2 cm³/mol. The van der Waals surface area contributed by atoms with Crippen molar-refractivity contribution in [2.24, 2.45) is 0 Å². The van der Waals surface area contributed by atoms with E-state index in [0.29, 0.717) is 12.4 Å². The maximum absolute atomic E-state index is 11.0. The molecule has 0 aliphatic rings. The molecule has 0 amide bonds. The van der Waals surface area contributed by atoms with Gasteiger partial charge in [0.1, 0.15) is 5.82 Å². The zero-order valence-electron chi connectivity index (χ0n) is 11.7. The number of nitrogens with zero attached hydrogens (tertiary/aromatic N) is 3. The standard InChI is InChI=1S/C14H17N5O2/c1-2-8-16-13-7-6-12(19(20)21)14(18-13)17-10-11-5-3-4-9-15-11/h3-7,9H,2,8,10H2,1H3,(H2,16,17,18). The van der Waals surface area contributed by atoms with Gasteiger partial charge in [0.25, 0.3) is 0 Å². The van der Waals surface area contributed by atoms with E-state index in [4.69, 9.17) is 0 Å². The number of hydrogen-bond acceptors (Lipinski definition) is 6. The molecule has 0 spiro atoms. The highest BCUT2D eigenvalue weighted by Gasteiger charge is 2.15. The molecule has 2 aromatic rings. The van der Waals surface area contributed by atoms with E-state index in [9.17, 15) is 10.1 Å². The van der Waals surface area contributed by atoms with Crippen LogP contribution in [0.25, 0.3) is 0 Å². The number of anilines is 2. The maximum atomic E-state index is 11.0. The number of nitro groups is 1. The third kappa shape index (κ3) is 4.13. The highest BCUT2D eigenvalue weighted by molar-refractivity contribution is 5.60. The first-order valence-corrected chi connectivity index (χ1v) is 6.73. The largest absolute Gasteiger partial charge is 0.370 e. The Labute approximate surface area is 122 Å². The van der Waals surface area contributed by atoms with Crippen LogP contribution in [0.5, 0.6) is 0 Å². The number of rotatable bonds is 7. The zero-order chi connectivity index (χ0) is 15.1. The van der Waals surface area contributed by atoms with Crippen LogP contribution in [0.3, 0.4) is 0 Å². The van der Waals surface area contributed by atoms with Crippen molar-refractivity contribution in [1.29, 1.82) is 0 Å². The Morgan fingerprint density at radius 2 is 2.10 bits per heavy atom. The fourth-order valence-corrected chi connectivity index (χ4v) is 1.76. The van der Waals surface area contributed by atoms with E-state index >= 15 is 0 Å². The molecule has 2 heterocycles.